The maximum absolute atomic E-state index is 12.1. The van der Waals surface area contributed by atoms with Crippen molar-refractivity contribution in [3.63, 3.8) is 0 Å². The van der Waals surface area contributed by atoms with Crippen LogP contribution in [0.2, 0.25) is 0 Å². The minimum absolute atomic E-state index is 0.194. The summed E-state index contributed by atoms with van der Waals surface area (Å²) in [4.78, 5) is 12.1. The fraction of sp³-hybridized carbons (Fsp3) is 0.941. The summed E-state index contributed by atoms with van der Waals surface area (Å²) in [6.45, 7) is 7.67. The lowest BCUT2D eigenvalue weighted by Gasteiger charge is -2.43. The fourth-order valence-corrected chi connectivity index (χ4v) is 5.36. The van der Waals surface area contributed by atoms with Crippen molar-refractivity contribution in [2.45, 2.75) is 77.8 Å². The highest BCUT2D eigenvalue weighted by molar-refractivity contribution is 5.78. The highest BCUT2D eigenvalue weighted by Crippen LogP contribution is 2.62. The molecule has 2 bridgehead atoms. The lowest BCUT2D eigenvalue weighted by Crippen LogP contribution is -2.53. The van der Waals surface area contributed by atoms with E-state index in [2.05, 4.69) is 31.4 Å². The second kappa shape index (κ2) is 5.01. The first kappa shape index (κ1) is 14.4. The Hall–Kier alpha value is -0.570. The van der Waals surface area contributed by atoms with Gasteiger partial charge < -0.3 is 10.6 Å². The molecule has 0 saturated heterocycles. The molecule has 3 atom stereocenters. The molecular weight excluding hydrogens is 248 g/mol. The monoisotopic (exact) mass is 278 g/mol. The van der Waals surface area contributed by atoms with Gasteiger partial charge in [0.15, 0.2) is 0 Å². The molecule has 3 unspecified atom stereocenters. The smallest absolute Gasteiger partial charge is 0.234 e. The summed E-state index contributed by atoms with van der Waals surface area (Å²) >= 11 is 0. The number of fused-ring (bicyclic) bond motifs is 2. The molecule has 0 heterocycles. The molecule has 3 fully saturated rings. The van der Waals surface area contributed by atoms with E-state index in [0.717, 1.165) is 5.92 Å². The molecule has 3 heteroatoms. The van der Waals surface area contributed by atoms with E-state index in [0.29, 0.717) is 29.5 Å². The van der Waals surface area contributed by atoms with Crippen molar-refractivity contribution in [2.75, 3.05) is 6.54 Å². The molecule has 114 valence electrons. The standard InChI is InChI=1S/C17H30N2O/c1-16(2)12-8-9-17(3,10-12)15(16)18-11-14(20)19-13-6-4-5-7-13/h12-13,15,18H,4-11H2,1-3H3,(H,19,20). The number of carbonyl (C=O) groups excluding carboxylic acids is 1. The van der Waals surface area contributed by atoms with E-state index in [9.17, 15) is 4.79 Å². The van der Waals surface area contributed by atoms with Crippen molar-refractivity contribution in [1.82, 2.24) is 10.6 Å². The molecule has 0 aromatic heterocycles. The molecule has 3 saturated carbocycles. The van der Waals surface area contributed by atoms with Gasteiger partial charge in [0.05, 0.1) is 6.54 Å². The summed E-state index contributed by atoms with van der Waals surface area (Å²) < 4.78 is 0. The molecule has 3 aliphatic carbocycles. The van der Waals surface area contributed by atoms with E-state index < -0.39 is 0 Å². The Balaban J connectivity index is 1.54. The third-order valence-corrected chi connectivity index (χ3v) is 6.46. The molecule has 1 amide bonds. The second-order valence-electron chi connectivity index (χ2n) is 8.28. The summed E-state index contributed by atoms with van der Waals surface area (Å²) in [6, 6.07) is 0.927. The van der Waals surface area contributed by atoms with Crippen LogP contribution >= 0.6 is 0 Å². The van der Waals surface area contributed by atoms with Crippen molar-refractivity contribution in [3.05, 3.63) is 0 Å². The topological polar surface area (TPSA) is 41.1 Å². The number of amides is 1. The van der Waals surface area contributed by atoms with Gasteiger partial charge in [0.1, 0.15) is 0 Å². The van der Waals surface area contributed by atoms with Crippen molar-refractivity contribution in [3.8, 4) is 0 Å². The average Bonchev–Trinajstić information content (AvgIpc) is 3.02. The first-order valence-corrected chi connectivity index (χ1v) is 8.44. The van der Waals surface area contributed by atoms with Crippen LogP contribution in [0.5, 0.6) is 0 Å². The third-order valence-electron chi connectivity index (χ3n) is 6.46. The number of hydrogen-bond acceptors (Lipinski definition) is 2. The Labute approximate surface area is 123 Å². The second-order valence-corrected chi connectivity index (χ2v) is 8.28. The van der Waals surface area contributed by atoms with Gasteiger partial charge in [-0.15, -0.1) is 0 Å². The molecule has 0 aromatic rings. The van der Waals surface area contributed by atoms with Gasteiger partial charge in [-0.1, -0.05) is 33.6 Å². The van der Waals surface area contributed by atoms with Crippen LogP contribution in [0.3, 0.4) is 0 Å². The normalized spacial score (nSPS) is 39.4. The molecule has 0 aromatic carbocycles. The number of nitrogens with one attached hydrogen (secondary N) is 2. The lowest BCUT2D eigenvalue weighted by atomic mass is 9.68. The van der Waals surface area contributed by atoms with E-state index in [1.54, 1.807) is 0 Å². The summed E-state index contributed by atoms with van der Waals surface area (Å²) in [5, 5.41) is 6.79. The largest absolute Gasteiger partial charge is 0.352 e. The van der Waals surface area contributed by atoms with E-state index >= 15 is 0 Å². The summed E-state index contributed by atoms with van der Waals surface area (Å²) in [6.07, 6.45) is 8.91. The highest BCUT2D eigenvalue weighted by atomic mass is 16.2. The molecule has 3 nitrogen and oxygen atoms in total. The van der Waals surface area contributed by atoms with Crippen LogP contribution in [0.25, 0.3) is 0 Å². The minimum atomic E-state index is 0.194. The Morgan fingerprint density at radius 1 is 1.15 bits per heavy atom. The Kier molecular flexibility index (Phi) is 3.60. The van der Waals surface area contributed by atoms with Crippen molar-refractivity contribution in [2.24, 2.45) is 16.7 Å². The van der Waals surface area contributed by atoms with Crippen molar-refractivity contribution >= 4 is 5.91 Å². The minimum Gasteiger partial charge on any atom is -0.352 e. The number of carbonyl (C=O) groups is 1. The van der Waals surface area contributed by atoms with Crippen LogP contribution in [0, 0.1) is 16.7 Å². The molecule has 3 aliphatic rings. The van der Waals surface area contributed by atoms with Crippen LogP contribution in [-0.4, -0.2) is 24.5 Å². The Bertz CT molecular complexity index is 382. The SMILES string of the molecule is CC12CCC(C1)C(C)(C)C2NCC(=O)NC1CCCC1. The fourth-order valence-electron chi connectivity index (χ4n) is 5.36. The quantitative estimate of drug-likeness (QED) is 0.830. The maximum atomic E-state index is 12.1. The van der Waals surface area contributed by atoms with Gasteiger partial charge in [-0.2, -0.15) is 0 Å². The predicted octanol–water partition coefficient (Wildman–Crippen LogP) is 2.85. The molecule has 0 spiro atoms. The molecule has 3 rings (SSSR count). The molecule has 0 aliphatic heterocycles. The number of hydrogen-bond donors (Lipinski definition) is 2. The zero-order valence-corrected chi connectivity index (χ0v) is 13.3. The van der Waals surface area contributed by atoms with E-state index in [4.69, 9.17) is 0 Å². The molecular formula is C17H30N2O. The van der Waals surface area contributed by atoms with E-state index in [1.165, 1.54) is 44.9 Å². The van der Waals surface area contributed by atoms with Gasteiger partial charge in [-0.25, -0.2) is 0 Å². The highest BCUT2D eigenvalue weighted by Gasteiger charge is 2.58. The molecule has 2 N–H and O–H groups in total. The average molecular weight is 278 g/mol. The van der Waals surface area contributed by atoms with Gasteiger partial charge >= 0.3 is 0 Å². The van der Waals surface area contributed by atoms with E-state index in [-0.39, 0.29) is 5.91 Å². The lowest BCUT2D eigenvalue weighted by molar-refractivity contribution is -0.121. The predicted molar refractivity (Wildman–Crippen MR) is 81.4 cm³/mol. The zero-order valence-electron chi connectivity index (χ0n) is 13.3. The van der Waals surface area contributed by atoms with Crippen LogP contribution in [0.4, 0.5) is 0 Å². The van der Waals surface area contributed by atoms with Gasteiger partial charge in [0, 0.05) is 12.1 Å². The van der Waals surface area contributed by atoms with Gasteiger partial charge in [-0.05, 0) is 48.9 Å². The third kappa shape index (κ3) is 2.38. The van der Waals surface area contributed by atoms with Gasteiger partial charge in [0.25, 0.3) is 0 Å². The number of rotatable bonds is 4. The molecule has 20 heavy (non-hydrogen) atoms. The summed E-state index contributed by atoms with van der Waals surface area (Å²) in [5.74, 6) is 1.03. The van der Waals surface area contributed by atoms with Crippen molar-refractivity contribution in [1.29, 1.82) is 0 Å². The maximum Gasteiger partial charge on any atom is 0.234 e. The van der Waals surface area contributed by atoms with Gasteiger partial charge in [-0.3, -0.25) is 4.79 Å². The Morgan fingerprint density at radius 3 is 2.45 bits per heavy atom. The van der Waals surface area contributed by atoms with Crippen LogP contribution < -0.4 is 10.6 Å². The van der Waals surface area contributed by atoms with Crippen LogP contribution in [0.1, 0.15) is 65.7 Å². The summed E-state index contributed by atoms with van der Waals surface area (Å²) in [7, 11) is 0. The zero-order chi connectivity index (χ0) is 14.4. The summed E-state index contributed by atoms with van der Waals surface area (Å²) in [5.41, 5.74) is 0.739. The first-order chi connectivity index (χ1) is 9.42. The Morgan fingerprint density at radius 2 is 1.85 bits per heavy atom. The van der Waals surface area contributed by atoms with Crippen LogP contribution in [0.15, 0.2) is 0 Å². The van der Waals surface area contributed by atoms with Crippen molar-refractivity contribution < 1.29 is 4.79 Å². The molecule has 0 radical (unpaired) electrons. The first-order valence-electron chi connectivity index (χ1n) is 8.44. The van der Waals surface area contributed by atoms with Gasteiger partial charge in [0.2, 0.25) is 5.91 Å². The van der Waals surface area contributed by atoms with Crippen LogP contribution in [-0.2, 0) is 4.79 Å². The van der Waals surface area contributed by atoms with E-state index in [1.807, 2.05) is 0 Å².